The smallest absolute Gasteiger partial charge is 0.394 e. The molecule has 2 amide bonds. The molecule has 3 unspecified atom stereocenters. The molecule has 3 aliphatic rings. The van der Waals surface area contributed by atoms with Crippen molar-refractivity contribution in [2.75, 3.05) is 26.4 Å². The van der Waals surface area contributed by atoms with E-state index in [1.807, 2.05) is 6.92 Å². The lowest BCUT2D eigenvalue weighted by Gasteiger charge is -2.49. The van der Waals surface area contributed by atoms with Crippen molar-refractivity contribution in [2.24, 2.45) is 5.92 Å². The molecule has 0 aromatic rings. The van der Waals surface area contributed by atoms with Crippen molar-refractivity contribution in [1.82, 2.24) is 10.6 Å². The van der Waals surface area contributed by atoms with Crippen molar-refractivity contribution in [1.29, 1.82) is 0 Å². The van der Waals surface area contributed by atoms with Crippen LogP contribution in [0.4, 0.5) is 0 Å². The van der Waals surface area contributed by atoms with Crippen LogP contribution in [0.5, 0.6) is 0 Å². The van der Waals surface area contributed by atoms with Gasteiger partial charge in [-0.3, -0.25) is 18.6 Å². The quantitative estimate of drug-likeness (QED) is 0.0199. The Morgan fingerprint density at radius 2 is 0.570 bits per heavy atom. The van der Waals surface area contributed by atoms with Crippen LogP contribution in [0.3, 0.4) is 0 Å². The Labute approximate surface area is 770 Å². The molecule has 0 aliphatic carbocycles. The van der Waals surface area contributed by atoms with Gasteiger partial charge >= 0.3 is 15.6 Å². The van der Waals surface area contributed by atoms with E-state index in [-0.39, 0.29) is 18.9 Å². The van der Waals surface area contributed by atoms with Gasteiger partial charge in [-0.05, 0) is 316 Å². The predicted molar refractivity (Wildman–Crippen MR) is 514 cm³/mol. The molecular formula is C102H170N2O22P2. The van der Waals surface area contributed by atoms with Crippen molar-refractivity contribution < 1.29 is 106 Å². The van der Waals surface area contributed by atoms with Crippen molar-refractivity contribution in [3.05, 3.63) is 175 Å². The number of nitrogens with one attached hydrogen (secondary N) is 2. The lowest BCUT2D eigenvalue weighted by atomic mass is 9.94. The molecular weight excluding hydrogens is 1670 g/mol. The molecule has 3 heterocycles. The van der Waals surface area contributed by atoms with E-state index in [9.17, 15) is 69.4 Å². The average molecular weight is 1840 g/mol. The van der Waals surface area contributed by atoms with Gasteiger partial charge in [0.2, 0.25) is 11.8 Å². The number of aliphatic hydroxyl groups is 8. The number of hydrogen-bond donors (Lipinski definition) is 12. The van der Waals surface area contributed by atoms with Gasteiger partial charge in [0.15, 0.2) is 18.9 Å². The van der Waals surface area contributed by atoms with Crippen LogP contribution in [0.25, 0.3) is 0 Å². The molecule has 18 atom stereocenters. The first-order chi connectivity index (χ1) is 60.6. The number of carbonyl (C=O) groups is 2. The van der Waals surface area contributed by atoms with E-state index in [0.717, 1.165) is 187 Å². The minimum absolute atomic E-state index is 0.00352. The maximum atomic E-state index is 13.4. The number of phosphoric acid groups is 2. The van der Waals surface area contributed by atoms with Gasteiger partial charge in [0.1, 0.15) is 73.1 Å². The lowest BCUT2D eigenvalue weighted by molar-refractivity contribution is -0.360. The van der Waals surface area contributed by atoms with E-state index in [4.69, 9.17) is 32.7 Å². The van der Waals surface area contributed by atoms with E-state index in [1.54, 1.807) is 0 Å². The second kappa shape index (κ2) is 64.6. The second-order valence-electron chi connectivity index (χ2n) is 36.7. The van der Waals surface area contributed by atoms with E-state index >= 15 is 0 Å². The van der Waals surface area contributed by atoms with E-state index in [0.29, 0.717) is 6.42 Å². The third-order valence-electron chi connectivity index (χ3n) is 23.8. The Morgan fingerprint density at radius 3 is 0.844 bits per heavy atom. The first kappa shape index (κ1) is 117. The van der Waals surface area contributed by atoms with Gasteiger partial charge in [0.25, 0.3) is 0 Å². The molecule has 730 valence electrons. The van der Waals surface area contributed by atoms with Crippen LogP contribution in [0, 0.1) is 5.92 Å². The van der Waals surface area contributed by atoms with Crippen LogP contribution < -0.4 is 10.6 Å². The number of carbonyl (C=O) groups excluding carboxylic acids is 2. The molecule has 128 heavy (non-hydrogen) atoms. The minimum atomic E-state index is -5.70. The summed E-state index contributed by atoms with van der Waals surface area (Å²) in [6.45, 7) is 36.8. The topological polar surface area (TPSA) is 368 Å². The summed E-state index contributed by atoms with van der Waals surface area (Å²) in [4.78, 5) is 46.3. The second-order valence-corrected chi connectivity index (χ2v) is 39.7. The maximum Gasteiger partial charge on any atom is 0.483 e. The fourth-order valence-electron chi connectivity index (χ4n) is 15.5. The van der Waals surface area contributed by atoms with Crippen LogP contribution in [-0.2, 0) is 55.8 Å². The predicted octanol–water partition coefficient (Wildman–Crippen LogP) is 20.9. The summed E-state index contributed by atoms with van der Waals surface area (Å²) in [5, 5.41) is 89.6. The van der Waals surface area contributed by atoms with Gasteiger partial charge in [0, 0.05) is 13.8 Å². The molecule has 0 saturated carbocycles. The highest BCUT2D eigenvalue weighted by atomic mass is 31.3. The van der Waals surface area contributed by atoms with Gasteiger partial charge in [-0.2, -0.15) is 4.31 Å². The Hall–Kier alpha value is -5.22. The Morgan fingerprint density at radius 1 is 0.320 bits per heavy atom. The Kier molecular flexibility index (Phi) is 59.1. The molecule has 0 spiro atoms. The largest absolute Gasteiger partial charge is 0.483 e. The van der Waals surface area contributed by atoms with Crippen LogP contribution in [-0.4, -0.2) is 181 Å². The first-order valence-electron chi connectivity index (χ1n) is 47.1. The lowest BCUT2D eigenvalue weighted by Crippen LogP contribution is -2.70. The highest BCUT2D eigenvalue weighted by molar-refractivity contribution is 7.61. The van der Waals surface area contributed by atoms with E-state index in [1.165, 1.54) is 96.4 Å². The summed E-state index contributed by atoms with van der Waals surface area (Å²) in [6, 6.07) is -3.54. The molecule has 0 aromatic carbocycles. The number of phosphoric ester groups is 2. The summed E-state index contributed by atoms with van der Waals surface area (Å²) in [5.74, 6) is -1.65. The summed E-state index contributed by atoms with van der Waals surface area (Å²) < 4.78 is 69.8. The molecule has 0 bridgehead atoms. The number of amides is 2. The number of aliphatic hydroxyl groups excluding tert-OH is 8. The molecule has 3 fully saturated rings. The first-order valence-corrected chi connectivity index (χ1v) is 50.1. The zero-order valence-electron chi connectivity index (χ0n) is 81.4. The number of allylic oxidation sites excluding steroid dienone is 30. The zero-order valence-corrected chi connectivity index (χ0v) is 83.2. The summed E-state index contributed by atoms with van der Waals surface area (Å²) in [5.41, 5.74) is 21.8. The van der Waals surface area contributed by atoms with E-state index < -0.39 is 139 Å². The highest BCUT2D eigenvalue weighted by Gasteiger charge is 2.56. The molecule has 3 rings (SSSR count). The van der Waals surface area contributed by atoms with Gasteiger partial charge in [0.05, 0.1) is 26.4 Å². The molecule has 24 nitrogen and oxygen atoms in total. The van der Waals surface area contributed by atoms with Crippen molar-refractivity contribution in [3.8, 4) is 0 Å². The van der Waals surface area contributed by atoms with E-state index in [2.05, 4.69) is 217 Å². The van der Waals surface area contributed by atoms with Crippen LogP contribution in [0.2, 0.25) is 0 Å². The summed E-state index contributed by atoms with van der Waals surface area (Å²) in [6.07, 6.45) is 44.7. The van der Waals surface area contributed by atoms with Crippen molar-refractivity contribution >= 4 is 27.5 Å². The van der Waals surface area contributed by atoms with Crippen molar-refractivity contribution in [2.45, 2.75) is 423 Å². The van der Waals surface area contributed by atoms with Gasteiger partial charge in [-0.15, -0.1) is 0 Å². The third kappa shape index (κ3) is 50.8. The Bertz CT molecular complexity index is 3890. The maximum absolute atomic E-state index is 13.4. The number of rotatable bonds is 62. The van der Waals surface area contributed by atoms with Crippen LogP contribution in [0.1, 0.15) is 331 Å². The normalized spacial score (nSPS) is 25.9. The fourth-order valence-corrected chi connectivity index (χ4v) is 17.7. The van der Waals surface area contributed by atoms with Gasteiger partial charge in [-0.1, -0.05) is 182 Å². The van der Waals surface area contributed by atoms with Crippen LogP contribution in [0.15, 0.2) is 175 Å². The zero-order chi connectivity index (χ0) is 95.5. The SMILES string of the molecule is CC(=O)N[C@H]1[C@H](O[C@H]2[C@H](O)[C@@H](NC(C)=O)[C@@H](OP(=O)(O)OP(=O)(O)OCCC(C)CC/C=C(/C)CC/C=C(/C)CC/C=C(/C)CC/C=C(/C)CC/C=C(/C)CC/C=C(/C)CC/C=C(/C)CC/C=C(/C)CC/C=C(/C)CC/C=C(/C)CC/C=C(/C)CC/C=C(/C)CC/C=C(\C)CC/C=C(\C)CCC=C(C)C)O[C@@H]2CO)O[C@H](CO)[C@@H](O[C@@H]2O[C@H](CO)[C@@H](O)[C@H](O)[C@@H]2O)[C@@H]1O. The number of ether oxygens (including phenoxy) is 5. The Balaban J connectivity index is 1.28. The molecule has 26 heteroatoms. The minimum Gasteiger partial charge on any atom is -0.394 e. The van der Waals surface area contributed by atoms with Gasteiger partial charge in [-0.25, -0.2) is 9.13 Å². The molecule has 3 aliphatic heterocycles. The highest BCUT2D eigenvalue weighted by Crippen LogP contribution is 2.61. The standard InChI is InChI=1S/C102H170N2O22P2/c1-70(2)35-20-36-71(3)37-21-38-72(4)39-22-40-73(5)41-23-42-74(6)43-24-44-75(7)45-25-46-76(8)47-26-48-77(9)49-27-50-78(10)51-28-52-79(11)53-29-54-80(12)55-30-56-81(13)57-31-58-82(14)59-32-60-83(15)61-33-62-84(16)63-34-64-85(17)65-66-119-127(115,116)126-128(117,118)125-101-92(104-87(19)109)95(112)98(90(69-107)122-101)123-100-91(103-86(18)108)94(111)99(89(68-106)121-100)124-102-97(114)96(113)93(110)88(67-105)120-102/h35,37,39,41,43,45,47,49,51,53,55,57,59,61,63,85,88-102,105-107,110-114H,20-34,36,38,40,42,44,46,48,50,52,54,56,58,60,62,64-69H2,1-19H3,(H,103,108)(H,104,109)(H,115,116)(H,117,118)/b71-37+,72-39+,73-41-,74-43-,75-45-,76-47-,77-49-,78-51-,79-53-,80-55-,81-57-,82-59-,83-61-,84-63-/t85?,88-,89-,90-,91-,92-,93-,94-,95-,96+,97+,98-,99-,100+,101-,102+/m1/s1. The average Bonchev–Trinajstić information content (AvgIpc) is 0.765. The van der Waals surface area contributed by atoms with Crippen LogP contribution >= 0.6 is 15.6 Å². The molecule has 0 radical (unpaired) electrons. The summed E-state index contributed by atoms with van der Waals surface area (Å²) >= 11 is 0. The number of hydrogen-bond acceptors (Lipinski definition) is 20. The fraction of sp³-hybridized carbons (Fsp3) is 0.686. The molecule has 3 saturated heterocycles. The van der Waals surface area contributed by atoms with Crippen molar-refractivity contribution in [3.63, 3.8) is 0 Å². The summed E-state index contributed by atoms with van der Waals surface area (Å²) in [7, 11) is -11.0. The molecule has 0 aromatic heterocycles. The molecule has 12 N–H and O–H groups in total. The third-order valence-corrected chi connectivity index (χ3v) is 26.5. The van der Waals surface area contributed by atoms with Gasteiger partial charge < -0.3 is 85.0 Å². The monoisotopic (exact) mass is 1840 g/mol.